The number of rotatable bonds is 5. The number of anilines is 1. The molecule has 0 bridgehead atoms. The Kier molecular flexibility index (Phi) is 8.75. The van der Waals surface area contributed by atoms with Crippen LogP contribution in [-0.4, -0.2) is 70.9 Å². The lowest BCUT2D eigenvalue weighted by Gasteiger charge is -2.34. The maximum Gasteiger partial charge on any atom is 0.490 e. The Morgan fingerprint density at radius 1 is 1.32 bits per heavy atom. The van der Waals surface area contributed by atoms with Gasteiger partial charge in [-0.2, -0.15) is 13.2 Å². The highest BCUT2D eigenvalue weighted by molar-refractivity contribution is 7.12. The van der Waals surface area contributed by atoms with Crippen molar-refractivity contribution in [2.45, 2.75) is 26.1 Å². The number of carbonyl (C=O) groups is 2. The smallest absolute Gasteiger partial charge is 0.475 e. The second kappa shape index (κ2) is 11.0. The second-order valence-electron chi connectivity index (χ2n) is 6.31. The molecule has 0 spiro atoms. The van der Waals surface area contributed by atoms with Gasteiger partial charge in [-0.3, -0.25) is 4.79 Å². The van der Waals surface area contributed by atoms with E-state index in [1.807, 2.05) is 28.5 Å². The predicted octanol–water partition coefficient (Wildman–Crippen LogP) is 3.23. The molecule has 8 nitrogen and oxygen atoms in total. The zero-order valence-corrected chi connectivity index (χ0v) is 17.8. The summed E-state index contributed by atoms with van der Waals surface area (Å²) >= 11 is 1.46. The van der Waals surface area contributed by atoms with E-state index in [0.29, 0.717) is 25.6 Å². The minimum absolute atomic E-state index is 0.0233. The molecule has 2 aromatic heterocycles. The molecule has 3 rings (SSSR count). The molecule has 0 aliphatic carbocycles. The molecule has 170 valence electrons. The van der Waals surface area contributed by atoms with Gasteiger partial charge >= 0.3 is 12.1 Å². The van der Waals surface area contributed by atoms with Crippen molar-refractivity contribution >= 4 is 29.0 Å². The first-order valence-electron chi connectivity index (χ1n) is 9.49. The van der Waals surface area contributed by atoms with Crippen molar-refractivity contribution in [2.24, 2.45) is 0 Å². The standard InChI is InChI=1S/C17H22N4O2S.C2HF3O2/c1-3-20(4-2)15-7-8-18-16(19-15)13-12-23-10-9-21(13)17(22)14-6-5-11-24-14;3-2(4,5)1(6)7/h5-8,11,13H,3-4,9-10,12H2,1-2H3;(H,6,7). The number of carboxylic acids is 1. The van der Waals surface area contributed by atoms with Crippen molar-refractivity contribution in [3.63, 3.8) is 0 Å². The van der Waals surface area contributed by atoms with E-state index < -0.39 is 12.1 Å². The molecule has 1 atom stereocenters. The fourth-order valence-corrected chi connectivity index (χ4v) is 3.53. The van der Waals surface area contributed by atoms with E-state index in [1.54, 1.807) is 6.20 Å². The van der Waals surface area contributed by atoms with Crippen molar-refractivity contribution < 1.29 is 32.6 Å². The van der Waals surface area contributed by atoms with Crippen LogP contribution in [0, 0.1) is 0 Å². The zero-order chi connectivity index (χ0) is 23.0. The van der Waals surface area contributed by atoms with Crippen molar-refractivity contribution in [1.29, 1.82) is 0 Å². The average Bonchev–Trinajstić information content (AvgIpc) is 3.29. The zero-order valence-electron chi connectivity index (χ0n) is 17.0. The number of hydrogen-bond donors (Lipinski definition) is 1. The molecule has 1 aliphatic heterocycles. The molecule has 3 heterocycles. The van der Waals surface area contributed by atoms with Crippen LogP contribution in [0.25, 0.3) is 0 Å². The molecule has 1 aliphatic rings. The van der Waals surface area contributed by atoms with Gasteiger partial charge in [-0.1, -0.05) is 6.07 Å². The molecular weight excluding hydrogens is 437 g/mol. The van der Waals surface area contributed by atoms with Crippen LogP contribution in [0.15, 0.2) is 29.8 Å². The number of carbonyl (C=O) groups excluding carboxylic acids is 1. The van der Waals surface area contributed by atoms with Crippen LogP contribution >= 0.6 is 11.3 Å². The summed E-state index contributed by atoms with van der Waals surface area (Å²) in [7, 11) is 0. The summed E-state index contributed by atoms with van der Waals surface area (Å²) in [6.07, 6.45) is -3.32. The highest BCUT2D eigenvalue weighted by Crippen LogP contribution is 2.26. The summed E-state index contributed by atoms with van der Waals surface area (Å²) in [5.74, 6) is -1.20. The quantitative estimate of drug-likeness (QED) is 0.732. The Bertz CT molecular complexity index is 860. The maximum atomic E-state index is 12.8. The minimum Gasteiger partial charge on any atom is -0.475 e. The number of alkyl halides is 3. The van der Waals surface area contributed by atoms with Crippen LogP contribution in [0.4, 0.5) is 19.0 Å². The summed E-state index contributed by atoms with van der Waals surface area (Å²) < 4.78 is 37.3. The van der Waals surface area contributed by atoms with E-state index in [4.69, 9.17) is 19.6 Å². The Labute approximate surface area is 181 Å². The Balaban J connectivity index is 0.000000423. The van der Waals surface area contributed by atoms with Crippen LogP contribution in [0.3, 0.4) is 0 Å². The summed E-state index contributed by atoms with van der Waals surface area (Å²) in [5.41, 5.74) is 0. The Hall–Kier alpha value is -2.73. The third kappa shape index (κ3) is 6.62. The van der Waals surface area contributed by atoms with E-state index in [0.717, 1.165) is 23.8 Å². The number of nitrogens with zero attached hydrogens (tertiary/aromatic N) is 4. The lowest BCUT2D eigenvalue weighted by atomic mass is 10.2. The maximum absolute atomic E-state index is 12.8. The molecule has 0 aromatic carbocycles. The number of thiophene rings is 1. The molecular formula is C19H23F3N4O4S. The fraction of sp³-hybridized carbons (Fsp3) is 0.474. The monoisotopic (exact) mass is 460 g/mol. The molecule has 1 unspecified atom stereocenters. The first kappa shape index (κ1) is 24.5. The summed E-state index contributed by atoms with van der Waals surface area (Å²) in [6.45, 7) is 7.49. The molecule has 12 heteroatoms. The second-order valence-corrected chi connectivity index (χ2v) is 7.26. The van der Waals surface area contributed by atoms with Gasteiger partial charge in [0.1, 0.15) is 11.9 Å². The van der Waals surface area contributed by atoms with Gasteiger partial charge in [0.15, 0.2) is 5.82 Å². The SMILES string of the molecule is CCN(CC)c1ccnc(C2COCCN2C(=O)c2cccs2)n1.O=C(O)C(F)(F)F. The fourth-order valence-electron chi connectivity index (χ4n) is 2.85. The third-order valence-electron chi connectivity index (χ3n) is 4.41. The molecule has 1 saturated heterocycles. The highest BCUT2D eigenvalue weighted by atomic mass is 32.1. The van der Waals surface area contributed by atoms with Gasteiger partial charge in [0.25, 0.3) is 5.91 Å². The number of aliphatic carboxylic acids is 1. The van der Waals surface area contributed by atoms with Crippen LogP contribution in [0.5, 0.6) is 0 Å². The number of carboxylic acid groups (broad SMARTS) is 1. The first-order valence-corrected chi connectivity index (χ1v) is 10.4. The van der Waals surface area contributed by atoms with Gasteiger partial charge in [0.05, 0.1) is 18.1 Å². The molecule has 0 radical (unpaired) electrons. The van der Waals surface area contributed by atoms with Gasteiger partial charge in [-0.05, 0) is 31.4 Å². The van der Waals surface area contributed by atoms with Crippen molar-refractivity contribution in [3.8, 4) is 0 Å². The minimum atomic E-state index is -5.08. The normalized spacial score (nSPS) is 16.3. The van der Waals surface area contributed by atoms with Gasteiger partial charge in [0.2, 0.25) is 0 Å². The average molecular weight is 460 g/mol. The highest BCUT2D eigenvalue weighted by Gasteiger charge is 2.38. The van der Waals surface area contributed by atoms with Gasteiger partial charge < -0.3 is 19.6 Å². The number of aromatic nitrogens is 2. The lowest BCUT2D eigenvalue weighted by Crippen LogP contribution is -2.44. The number of morpholine rings is 1. The van der Waals surface area contributed by atoms with Crippen LogP contribution in [0.2, 0.25) is 0 Å². The van der Waals surface area contributed by atoms with E-state index in [9.17, 15) is 18.0 Å². The Morgan fingerprint density at radius 2 is 2.00 bits per heavy atom. The van der Waals surface area contributed by atoms with Crippen molar-refractivity contribution in [3.05, 3.63) is 40.5 Å². The van der Waals surface area contributed by atoms with Gasteiger partial charge in [-0.25, -0.2) is 14.8 Å². The first-order chi connectivity index (χ1) is 14.7. The van der Waals surface area contributed by atoms with E-state index in [-0.39, 0.29) is 11.9 Å². The third-order valence-corrected chi connectivity index (χ3v) is 5.27. The van der Waals surface area contributed by atoms with E-state index in [1.165, 1.54) is 11.3 Å². The summed E-state index contributed by atoms with van der Waals surface area (Å²) in [5, 5.41) is 9.04. The molecule has 2 aromatic rings. The molecule has 1 N–H and O–H groups in total. The largest absolute Gasteiger partial charge is 0.490 e. The van der Waals surface area contributed by atoms with Crippen LogP contribution in [-0.2, 0) is 9.53 Å². The van der Waals surface area contributed by atoms with Crippen LogP contribution in [0.1, 0.15) is 35.4 Å². The van der Waals surface area contributed by atoms with Crippen molar-refractivity contribution in [1.82, 2.24) is 14.9 Å². The number of hydrogen-bond acceptors (Lipinski definition) is 7. The number of ether oxygens (including phenoxy) is 1. The lowest BCUT2D eigenvalue weighted by molar-refractivity contribution is -0.192. The van der Waals surface area contributed by atoms with Crippen LogP contribution < -0.4 is 4.90 Å². The summed E-state index contributed by atoms with van der Waals surface area (Å²) in [4.78, 5) is 35.5. The van der Waals surface area contributed by atoms with E-state index in [2.05, 4.69) is 23.7 Å². The predicted molar refractivity (Wildman–Crippen MR) is 108 cm³/mol. The topological polar surface area (TPSA) is 95.9 Å². The van der Waals surface area contributed by atoms with Gasteiger partial charge in [-0.15, -0.1) is 11.3 Å². The summed E-state index contributed by atoms with van der Waals surface area (Å²) in [6, 6.07) is 5.41. The molecule has 0 saturated carbocycles. The molecule has 1 amide bonds. The molecule has 1 fully saturated rings. The van der Waals surface area contributed by atoms with Gasteiger partial charge in [0, 0.05) is 25.8 Å². The number of amides is 1. The van der Waals surface area contributed by atoms with Crippen molar-refractivity contribution in [2.75, 3.05) is 37.7 Å². The molecule has 31 heavy (non-hydrogen) atoms. The number of halogens is 3. The van der Waals surface area contributed by atoms with E-state index >= 15 is 0 Å². The Morgan fingerprint density at radius 3 is 2.55 bits per heavy atom.